The number of nitrogens with zero attached hydrogens (tertiary/aromatic N) is 1. The Morgan fingerprint density at radius 2 is 1.55 bits per heavy atom. The molecule has 0 saturated carbocycles. The summed E-state index contributed by atoms with van der Waals surface area (Å²) in [4.78, 5) is 23.0. The van der Waals surface area contributed by atoms with Crippen molar-refractivity contribution in [1.29, 1.82) is 0 Å². The highest BCUT2D eigenvalue weighted by Gasteiger charge is 2.22. The molecule has 8 nitrogen and oxygen atoms in total. The number of hydrogen-bond acceptors (Lipinski definition) is 5. The first-order chi connectivity index (χ1) is 14.6. The third-order valence-electron chi connectivity index (χ3n) is 4.23. The van der Waals surface area contributed by atoms with E-state index in [4.69, 9.17) is 23.2 Å². The zero-order chi connectivity index (χ0) is 22.8. The first-order valence-electron chi connectivity index (χ1n) is 8.71. The number of rotatable bonds is 6. The van der Waals surface area contributed by atoms with E-state index in [1.807, 2.05) is 0 Å². The number of nitrogens with one attached hydrogen (secondary N) is 2. The minimum Gasteiger partial charge on any atom is -0.322 e. The molecule has 0 bridgehead atoms. The third-order valence-corrected chi connectivity index (χ3v) is 6.24. The zero-order valence-electron chi connectivity index (χ0n) is 15.9. The molecule has 0 spiro atoms. The Bertz CT molecular complexity index is 1280. The highest BCUT2D eigenvalue weighted by Crippen LogP contribution is 2.26. The molecule has 160 valence electrons. The summed E-state index contributed by atoms with van der Waals surface area (Å²) < 4.78 is 28.1. The van der Waals surface area contributed by atoms with E-state index in [2.05, 4.69) is 10.0 Å². The number of sulfonamides is 1. The number of amides is 1. The molecular weight excluding hydrogens is 465 g/mol. The van der Waals surface area contributed by atoms with E-state index in [1.54, 1.807) is 19.1 Å². The smallest absolute Gasteiger partial charge is 0.282 e. The van der Waals surface area contributed by atoms with Gasteiger partial charge in [0.1, 0.15) is 5.56 Å². The van der Waals surface area contributed by atoms with Crippen molar-refractivity contribution in [2.24, 2.45) is 0 Å². The van der Waals surface area contributed by atoms with Crippen molar-refractivity contribution in [1.82, 2.24) is 0 Å². The molecule has 0 radical (unpaired) electrons. The minimum absolute atomic E-state index is 0.0687. The predicted octanol–water partition coefficient (Wildman–Crippen LogP) is 5.26. The van der Waals surface area contributed by atoms with Crippen LogP contribution < -0.4 is 10.0 Å². The predicted molar refractivity (Wildman–Crippen MR) is 119 cm³/mol. The molecule has 0 saturated heterocycles. The lowest BCUT2D eigenvalue weighted by molar-refractivity contribution is -0.385. The van der Waals surface area contributed by atoms with Crippen molar-refractivity contribution in [3.63, 3.8) is 0 Å². The van der Waals surface area contributed by atoms with Crippen LogP contribution in [0.15, 0.2) is 65.6 Å². The molecule has 0 unspecified atom stereocenters. The lowest BCUT2D eigenvalue weighted by atomic mass is 10.1. The van der Waals surface area contributed by atoms with E-state index in [0.29, 0.717) is 16.3 Å². The SMILES string of the molecule is Cc1ccc(NC(=O)c2cc(Cl)ccc2[N+](=O)[O-])cc1S(=O)(=O)Nc1ccc(Cl)cc1. The average Bonchev–Trinajstić information content (AvgIpc) is 2.70. The molecule has 0 aliphatic heterocycles. The lowest BCUT2D eigenvalue weighted by Gasteiger charge is -2.13. The summed E-state index contributed by atoms with van der Waals surface area (Å²) in [7, 11) is -3.98. The van der Waals surface area contributed by atoms with Crippen LogP contribution in [0.5, 0.6) is 0 Å². The molecule has 31 heavy (non-hydrogen) atoms. The number of nitro groups is 1. The van der Waals surface area contributed by atoms with Crippen LogP contribution in [0.2, 0.25) is 10.0 Å². The molecule has 0 aliphatic rings. The number of halogens is 2. The van der Waals surface area contributed by atoms with E-state index in [-0.39, 0.29) is 21.2 Å². The summed E-state index contributed by atoms with van der Waals surface area (Å²) in [6.45, 7) is 1.60. The highest BCUT2D eigenvalue weighted by molar-refractivity contribution is 7.92. The van der Waals surface area contributed by atoms with Gasteiger partial charge >= 0.3 is 0 Å². The van der Waals surface area contributed by atoms with Gasteiger partial charge in [-0.1, -0.05) is 29.3 Å². The molecule has 2 N–H and O–H groups in total. The van der Waals surface area contributed by atoms with E-state index in [9.17, 15) is 23.3 Å². The Morgan fingerprint density at radius 3 is 2.19 bits per heavy atom. The summed E-state index contributed by atoms with van der Waals surface area (Å²) in [5.41, 5.74) is 0.218. The minimum atomic E-state index is -3.98. The summed E-state index contributed by atoms with van der Waals surface area (Å²) in [6.07, 6.45) is 0. The number of anilines is 2. The normalized spacial score (nSPS) is 11.1. The number of carbonyl (C=O) groups excluding carboxylic acids is 1. The molecule has 3 aromatic carbocycles. The molecule has 1 amide bonds. The molecule has 0 aromatic heterocycles. The Kier molecular flexibility index (Phi) is 6.49. The van der Waals surface area contributed by atoms with Gasteiger partial charge in [-0.2, -0.15) is 0 Å². The Hall–Kier alpha value is -3.14. The fourth-order valence-electron chi connectivity index (χ4n) is 2.74. The van der Waals surface area contributed by atoms with E-state index >= 15 is 0 Å². The van der Waals surface area contributed by atoms with Crippen LogP contribution in [-0.4, -0.2) is 19.2 Å². The summed E-state index contributed by atoms with van der Waals surface area (Å²) >= 11 is 11.7. The van der Waals surface area contributed by atoms with Gasteiger partial charge in [0.15, 0.2) is 0 Å². The molecule has 3 aromatic rings. The zero-order valence-corrected chi connectivity index (χ0v) is 18.3. The van der Waals surface area contributed by atoms with Crippen molar-refractivity contribution in [3.8, 4) is 0 Å². The van der Waals surface area contributed by atoms with Gasteiger partial charge in [0.2, 0.25) is 0 Å². The molecule has 0 heterocycles. The van der Waals surface area contributed by atoms with Crippen molar-refractivity contribution in [2.75, 3.05) is 10.0 Å². The number of carbonyl (C=O) groups is 1. The van der Waals surface area contributed by atoms with Crippen molar-refractivity contribution in [3.05, 3.63) is 92.0 Å². The fourth-order valence-corrected chi connectivity index (χ4v) is 4.37. The van der Waals surface area contributed by atoms with Crippen molar-refractivity contribution < 1.29 is 18.1 Å². The van der Waals surface area contributed by atoms with Crippen LogP contribution >= 0.6 is 23.2 Å². The van der Waals surface area contributed by atoms with Crippen LogP contribution in [0, 0.1) is 17.0 Å². The second kappa shape index (κ2) is 8.93. The van der Waals surface area contributed by atoms with Gasteiger partial charge in [-0.05, 0) is 61.0 Å². The maximum Gasteiger partial charge on any atom is 0.282 e. The average molecular weight is 480 g/mol. The first-order valence-corrected chi connectivity index (χ1v) is 10.9. The van der Waals surface area contributed by atoms with Gasteiger partial charge < -0.3 is 5.32 Å². The van der Waals surface area contributed by atoms with Crippen LogP contribution in [0.3, 0.4) is 0 Å². The summed E-state index contributed by atoms with van der Waals surface area (Å²) in [5.74, 6) is -0.799. The Labute approximate surface area is 188 Å². The van der Waals surface area contributed by atoms with Gasteiger partial charge in [0.05, 0.1) is 9.82 Å². The molecule has 0 fully saturated rings. The third kappa shape index (κ3) is 5.32. The number of hydrogen-bond donors (Lipinski definition) is 2. The van der Waals surface area contributed by atoms with Crippen molar-refractivity contribution in [2.45, 2.75) is 11.8 Å². The van der Waals surface area contributed by atoms with Crippen LogP contribution in [0.1, 0.15) is 15.9 Å². The van der Waals surface area contributed by atoms with Crippen LogP contribution in [0.4, 0.5) is 17.1 Å². The van der Waals surface area contributed by atoms with Crippen LogP contribution in [-0.2, 0) is 10.0 Å². The summed E-state index contributed by atoms with van der Waals surface area (Å²) in [5, 5.41) is 14.3. The van der Waals surface area contributed by atoms with E-state index in [0.717, 1.165) is 6.07 Å². The monoisotopic (exact) mass is 479 g/mol. The van der Waals surface area contributed by atoms with Gasteiger partial charge in [-0.25, -0.2) is 8.42 Å². The topological polar surface area (TPSA) is 118 Å². The second-order valence-electron chi connectivity index (χ2n) is 6.47. The maximum atomic E-state index is 12.8. The van der Waals surface area contributed by atoms with Crippen LogP contribution in [0.25, 0.3) is 0 Å². The second-order valence-corrected chi connectivity index (χ2v) is 8.99. The first kappa shape index (κ1) is 22.5. The molecule has 11 heteroatoms. The number of aryl methyl sites for hydroxylation is 1. The largest absolute Gasteiger partial charge is 0.322 e. The Morgan fingerprint density at radius 1 is 0.935 bits per heavy atom. The molecule has 0 atom stereocenters. The maximum absolute atomic E-state index is 12.8. The quantitative estimate of drug-likeness (QED) is 0.368. The van der Waals surface area contributed by atoms with Crippen molar-refractivity contribution >= 4 is 56.2 Å². The van der Waals surface area contributed by atoms with Gasteiger partial charge in [0.25, 0.3) is 21.6 Å². The Balaban J connectivity index is 1.91. The lowest BCUT2D eigenvalue weighted by Crippen LogP contribution is -2.17. The molecule has 0 aliphatic carbocycles. The van der Waals surface area contributed by atoms with Gasteiger partial charge in [-0.15, -0.1) is 0 Å². The summed E-state index contributed by atoms with van der Waals surface area (Å²) in [6, 6.07) is 14.0. The van der Waals surface area contributed by atoms with Gasteiger partial charge in [-0.3, -0.25) is 19.6 Å². The highest BCUT2D eigenvalue weighted by atomic mass is 35.5. The van der Waals surface area contributed by atoms with Gasteiger partial charge in [0, 0.05) is 27.5 Å². The standard InChI is InChI=1S/C20H15Cl2N3O5S/c1-12-2-6-16(23-20(26)17-10-14(22)5-9-18(17)25(27)28)11-19(12)31(29,30)24-15-7-3-13(21)4-8-15/h2-11,24H,1H3,(H,23,26). The fraction of sp³-hybridized carbons (Fsp3) is 0.0500. The van der Waals surface area contributed by atoms with E-state index in [1.165, 1.54) is 42.5 Å². The number of nitro benzene ring substituents is 1. The van der Waals surface area contributed by atoms with E-state index < -0.39 is 26.5 Å². The number of benzene rings is 3. The molecular formula is C20H15Cl2N3O5S. The molecule has 3 rings (SSSR count).